The maximum atomic E-state index is 12.2. The van der Waals surface area contributed by atoms with E-state index in [1.807, 2.05) is 6.07 Å². The van der Waals surface area contributed by atoms with E-state index in [1.165, 1.54) is 19.1 Å². The van der Waals surface area contributed by atoms with Crippen molar-refractivity contribution < 1.29 is 19.1 Å². The Bertz CT molecular complexity index is 442. The van der Waals surface area contributed by atoms with Crippen LogP contribution in [0.25, 0.3) is 0 Å². The van der Waals surface area contributed by atoms with Crippen LogP contribution in [0.1, 0.15) is 13.8 Å². The molecule has 1 aromatic rings. The Morgan fingerprint density at radius 2 is 1.74 bits per heavy atom. The molecule has 1 amide bonds. The van der Waals surface area contributed by atoms with Crippen LogP contribution in [0.3, 0.4) is 0 Å². The molecule has 0 atom stereocenters. The number of carbonyl (C=O) groups is 2. The Morgan fingerprint density at radius 1 is 1.16 bits per heavy atom. The molecule has 0 saturated heterocycles. The molecule has 0 aliphatic rings. The number of nitrogens with zero attached hydrogens (tertiary/aromatic N) is 1. The second-order valence-corrected chi connectivity index (χ2v) is 4.55. The largest absolute Gasteiger partial charge is 0.467 e. The van der Waals surface area contributed by atoms with Gasteiger partial charge in [-0.1, -0.05) is 18.2 Å². The molecular formula is C14H19NO4. The highest BCUT2D eigenvalue weighted by Crippen LogP contribution is 2.25. The summed E-state index contributed by atoms with van der Waals surface area (Å²) in [5.74, 6) is -0.787. The second-order valence-electron chi connectivity index (χ2n) is 4.55. The predicted octanol–water partition coefficient (Wildman–Crippen LogP) is 1.62. The minimum atomic E-state index is -1.11. The highest BCUT2D eigenvalue weighted by Gasteiger charge is 2.39. The summed E-state index contributed by atoms with van der Waals surface area (Å²) in [4.78, 5) is 25.5. The number of amides is 1. The number of anilines is 1. The highest BCUT2D eigenvalue weighted by atomic mass is 16.5. The van der Waals surface area contributed by atoms with E-state index >= 15 is 0 Å². The zero-order valence-corrected chi connectivity index (χ0v) is 11.7. The average Bonchev–Trinajstić information content (AvgIpc) is 2.39. The van der Waals surface area contributed by atoms with E-state index in [2.05, 4.69) is 0 Å². The number of para-hydroxylation sites is 1. The Morgan fingerprint density at radius 3 is 2.21 bits per heavy atom. The summed E-state index contributed by atoms with van der Waals surface area (Å²) < 4.78 is 9.64. The van der Waals surface area contributed by atoms with Gasteiger partial charge in [0.2, 0.25) is 0 Å². The van der Waals surface area contributed by atoms with Crippen LogP contribution in [-0.4, -0.2) is 38.2 Å². The monoisotopic (exact) mass is 265 g/mol. The van der Waals surface area contributed by atoms with Crippen LogP contribution in [-0.2, 0) is 19.1 Å². The van der Waals surface area contributed by atoms with E-state index in [0.717, 1.165) is 0 Å². The average molecular weight is 265 g/mol. The van der Waals surface area contributed by atoms with Crippen molar-refractivity contribution in [3.05, 3.63) is 30.3 Å². The maximum Gasteiger partial charge on any atom is 0.331 e. The summed E-state index contributed by atoms with van der Waals surface area (Å²) in [6.07, 6.45) is 0. The maximum absolute atomic E-state index is 12.2. The number of carbonyl (C=O) groups excluding carboxylic acids is 2. The standard InChI is InChI=1S/C14H19NO4/c1-14(2,13(17)19-4)15(12(16)10-18-3)11-8-6-5-7-9-11/h5-9H,10H2,1-4H3. The van der Waals surface area contributed by atoms with Crippen molar-refractivity contribution in [1.29, 1.82) is 0 Å². The Balaban J connectivity index is 3.20. The summed E-state index contributed by atoms with van der Waals surface area (Å²) in [5.41, 5.74) is -0.480. The molecule has 0 saturated carbocycles. The Labute approximate surface area is 113 Å². The van der Waals surface area contributed by atoms with Crippen molar-refractivity contribution in [3.63, 3.8) is 0 Å². The van der Waals surface area contributed by atoms with Crippen molar-refractivity contribution in [2.45, 2.75) is 19.4 Å². The molecule has 0 aliphatic carbocycles. The quantitative estimate of drug-likeness (QED) is 0.759. The molecule has 0 bridgehead atoms. The van der Waals surface area contributed by atoms with E-state index in [4.69, 9.17) is 9.47 Å². The topological polar surface area (TPSA) is 55.8 Å². The molecular weight excluding hydrogens is 246 g/mol. The van der Waals surface area contributed by atoms with Crippen molar-refractivity contribution in [1.82, 2.24) is 0 Å². The summed E-state index contributed by atoms with van der Waals surface area (Å²) in [7, 11) is 2.74. The SMILES string of the molecule is COCC(=O)N(c1ccccc1)C(C)(C)C(=O)OC. The summed E-state index contributed by atoms with van der Waals surface area (Å²) in [6, 6.07) is 8.97. The van der Waals surface area contributed by atoms with Gasteiger partial charge in [0.15, 0.2) is 0 Å². The fourth-order valence-electron chi connectivity index (χ4n) is 1.88. The molecule has 0 heterocycles. The van der Waals surface area contributed by atoms with Gasteiger partial charge in [0.05, 0.1) is 7.11 Å². The molecule has 19 heavy (non-hydrogen) atoms. The van der Waals surface area contributed by atoms with E-state index < -0.39 is 11.5 Å². The Kier molecular flexibility index (Phi) is 5.06. The van der Waals surface area contributed by atoms with E-state index in [0.29, 0.717) is 5.69 Å². The number of benzene rings is 1. The van der Waals surface area contributed by atoms with E-state index in [9.17, 15) is 9.59 Å². The molecule has 1 rings (SSSR count). The molecule has 0 unspecified atom stereocenters. The summed E-state index contributed by atoms with van der Waals surface area (Å²) >= 11 is 0. The Hall–Kier alpha value is -1.88. The number of hydrogen-bond donors (Lipinski definition) is 0. The van der Waals surface area contributed by atoms with Crippen molar-refractivity contribution in [2.75, 3.05) is 25.7 Å². The third-order valence-corrected chi connectivity index (χ3v) is 2.78. The van der Waals surface area contributed by atoms with Gasteiger partial charge in [-0.25, -0.2) is 4.79 Å². The lowest BCUT2D eigenvalue weighted by Gasteiger charge is -2.36. The van der Waals surface area contributed by atoms with Crippen LogP contribution >= 0.6 is 0 Å². The zero-order valence-electron chi connectivity index (χ0n) is 11.7. The van der Waals surface area contributed by atoms with Gasteiger partial charge in [0.1, 0.15) is 12.1 Å². The fraction of sp³-hybridized carbons (Fsp3) is 0.429. The first-order chi connectivity index (χ1) is 8.95. The normalized spacial score (nSPS) is 10.9. The molecule has 0 N–H and O–H groups in total. The second kappa shape index (κ2) is 6.33. The van der Waals surface area contributed by atoms with Crippen molar-refractivity contribution in [2.24, 2.45) is 0 Å². The van der Waals surface area contributed by atoms with E-state index in [1.54, 1.807) is 38.1 Å². The van der Waals surface area contributed by atoms with Gasteiger partial charge in [-0.3, -0.25) is 9.69 Å². The number of hydrogen-bond acceptors (Lipinski definition) is 4. The molecule has 0 aromatic heterocycles. The molecule has 0 fully saturated rings. The van der Waals surface area contributed by atoms with Gasteiger partial charge >= 0.3 is 5.97 Å². The first-order valence-electron chi connectivity index (χ1n) is 5.90. The highest BCUT2D eigenvalue weighted by molar-refractivity contribution is 6.02. The lowest BCUT2D eigenvalue weighted by atomic mass is 10.0. The van der Waals surface area contributed by atoms with Crippen LogP contribution in [0, 0.1) is 0 Å². The molecule has 0 aliphatic heterocycles. The third-order valence-electron chi connectivity index (χ3n) is 2.78. The number of rotatable bonds is 5. The summed E-state index contributed by atoms with van der Waals surface area (Å²) in [6.45, 7) is 3.17. The van der Waals surface area contributed by atoms with Gasteiger partial charge in [-0.05, 0) is 26.0 Å². The molecule has 0 spiro atoms. The van der Waals surface area contributed by atoms with Gasteiger partial charge in [0.25, 0.3) is 5.91 Å². The molecule has 5 nitrogen and oxygen atoms in total. The molecule has 104 valence electrons. The number of esters is 1. The molecule has 0 radical (unpaired) electrons. The van der Waals surface area contributed by atoms with Gasteiger partial charge in [-0.15, -0.1) is 0 Å². The predicted molar refractivity (Wildman–Crippen MR) is 71.9 cm³/mol. The van der Waals surface area contributed by atoms with Gasteiger partial charge in [-0.2, -0.15) is 0 Å². The van der Waals surface area contributed by atoms with E-state index in [-0.39, 0.29) is 12.5 Å². The lowest BCUT2D eigenvalue weighted by molar-refractivity contribution is -0.147. The van der Waals surface area contributed by atoms with Gasteiger partial charge < -0.3 is 9.47 Å². The van der Waals surface area contributed by atoms with Gasteiger partial charge in [0, 0.05) is 12.8 Å². The first kappa shape index (κ1) is 15.2. The zero-order chi connectivity index (χ0) is 14.5. The van der Waals surface area contributed by atoms with Crippen LogP contribution in [0.2, 0.25) is 0 Å². The van der Waals surface area contributed by atoms with Crippen molar-refractivity contribution in [3.8, 4) is 0 Å². The van der Waals surface area contributed by atoms with Crippen molar-refractivity contribution >= 4 is 17.6 Å². The number of methoxy groups -OCH3 is 2. The van der Waals surface area contributed by atoms with Crippen LogP contribution in [0.15, 0.2) is 30.3 Å². The first-order valence-corrected chi connectivity index (χ1v) is 5.90. The van der Waals surface area contributed by atoms with Crippen LogP contribution < -0.4 is 4.90 Å². The minimum absolute atomic E-state index is 0.102. The summed E-state index contributed by atoms with van der Waals surface area (Å²) in [5, 5.41) is 0. The third kappa shape index (κ3) is 3.32. The fourth-order valence-corrected chi connectivity index (χ4v) is 1.88. The van der Waals surface area contributed by atoms with Crippen LogP contribution in [0.4, 0.5) is 5.69 Å². The molecule has 1 aromatic carbocycles. The molecule has 5 heteroatoms. The van der Waals surface area contributed by atoms with Crippen LogP contribution in [0.5, 0.6) is 0 Å². The smallest absolute Gasteiger partial charge is 0.331 e. The lowest BCUT2D eigenvalue weighted by Crippen LogP contribution is -2.55. The number of ether oxygens (including phenoxy) is 2. The minimum Gasteiger partial charge on any atom is -0.467 e.